The predicted molar refractivity (Wildman–Crippen MR) is 133 cm³/mol. The molecule has 3 aromatic rings. The average molecular weight is 444 g/mol. The quantitative estimate of drug-likeness (QED) is 0.536. The molecule has 0 saturated carbocycles. The Kier molecular flexibility index (Phi) is 10.0. The molecule has 172 valence electrons. The van der Waals surface area contributed by atoms with Gasteiger partial charge < -0.3 is 10.6 Å². The van der Waals surface area contributed by atoms with Crippen LogP contribution in [0.1, 0.15) is 67.1 Å². The van der Waals surface area contributed by atoms with E-state index in [-0.39, 0.29) is 11.8 Å². The van der Waals surface area contributed by atoms with Gasteiger partial charge in [0.1, 0.15) is 6.07 Å². The number of hydrogen-bond acceptors (Lipinski definition) is 5. The van der Waals surface area contributed by atoms with E-state index in [9.17, 15) is 4.79 Å². The Balaban J connectivity index is 0.000000234. The first-order valence-corrected chi connectivity index (χ1v) is 11.3. The average Bonchev–Trinajstić information content (AvgIpc) is 2.83. The summed E-state index contributed by atoms with van der Waals surface area (Å²) in [7, 11) is 0. The molecule has 6 heteroatoms. The second-order valence-electron chi connectivity index (χ2n) is 8.40. The van der Waals surface area contributed by atoms with Gasteiger partial charge in [0.2, 0.25) is 0 Å². The first-order chi connectivity index (χ1) is 15.8. The van der Waals surface area contributed by atoms with Gasteiger partial charge in [-0.05, 0) is 35.6 Å². The van der Waals surface area contributed by atoms with Crippen molar-refractivity contribution < 1.29 is 4.79 Å². The molecule has 1 atom stereocenters. The molecule has 0 radical (unpaired) electrons. The summed E-state index contributed by atoms with van der Waals surface area (Å²) in [5.74, 6) is 0.738. The van der Waals surface area contributed by atoms with E-state index in [0.717, 1.165) is 25.1 Å². The molecule has 33 heavy (non-hydrogen) atoms. The maximum atomic E-state index is 12.3. The summed E-state index contributed by atoms with van der Waals surface area (Å²) in [5.41, 5.74) is 9.65. The normalized spacial score (nSPS) is 11.2. The van der Waals surface area contributed by atoms with Crippen molar-refractivity contribution in [3.8, 4) is 6.07 Å². The zero-order chi connectivity index (χ0) is 24.2. The predicted octanol–water partition coefficient (Wildman–Crippen LogP) is 5.28. The van der Waals surface area contributed by atoms with Crippen molar-refractivity contribution in [2.45, 2.75) is 40.0 Å². The number of aromatic nitrogens is 2. The van der Waals surface area contributed by atoms with E-state index in [2.05, 4.69) is 55.9 Å². The van der Waals surface area contributed by atoms with Crippen LogP contribution in [-0.4, -0.2) is 33.9 Å². The standard InChI is InChI=1S/C14H12N2.C13H21N3O/c1-11(13-5-3-2-4-6-13)14-7-12(8-15)9-16-10-14;1-4-5-16(9-10(2)3)13(17)11-6-12(14)8-15-7-11/h2-7,9-11H,1H3;6-8,10H,4-5,9,14H2,1-3H3. The largest absolute Gasteiger partial charge is 0.397 e. The molecule has 6 nitrogen and oxygen atoms in total. The number of pyridine rings is 2. The Morgan fingerprint density at radius 2 is 1.73 bits per heavy atom. The molecule has 1 unspecified atom stereocenters. The van der Waals surface area contributed by atoms with E-state index in [1.54, 1.807) is 24.7 Å². The minimum absolute atomic E-state index is 0.0142. The van der Waals surface area contributed by atoms with Crippen molar-refractivity contribution in [1.82, 2.24) is 14.9 Å². The fourth-order valence-electron chi connectivity index (χ4n) is 3.43. The SMILES string of the molecule is CC(c1ccccc1)c1cncc(C#N)c1.CCCN(CC(C)C)C(=O)c1cncc(N)c1. The lowest BCUT2D eigenvalue weighted by atomic mass is 9.94. The molecule has 2 heterocycles. The highest BCUT2D eigenvalue weighted by Gasteiger charge is 2.16. The molecule has 0 saturated heterocycles. The highest BCUT2D eigenvalue weighted by molar-refractivity contribution is 5.94. The smallest absolute Gasteiger partial charge is 0.255 e. The van der Waals surface area contributed by atoms with Gasteiger partial charge in [-0.1, -0.05) is 58.0 Å². The van der Waals surface area contributed by atoms with Crippen LogP contribution in [0.5, 0.6) is 0 Å². The van der Waals surface area contributed by atoms with Gasteiger partial charge in [0.05, 0.1) is 16.8 Å². The molecule has 0 aliphatic carbocycles. The third kappa shape index (κ3) is 8.04. The lowest BCUT2D eigenvalue weighted by Crippen LogP contribution is -2.35. The summed E-state index contributed by atoms with van der Waals surface area (Å²) in [4.78, 5) is 22.1. The molecule has 0 bridgehead atoms. The number of hydrogen-bond donors (Lipinski definition) is 1. The van der Waals surface area contributed by atoms with Crippen molar-refractivity contribution in [1.29, 1.82) is 5.26 Å². The van der Waals surface area contributed by atoms with Crippen LogP contribution in [0.2, 0.25) is 0 Å². The third-order valence-electron chi connectivity index (χ3n) is 5.06. The van der Waals surface area contributed by atoms with Crippen LogP contribution >= 0.6 is 0 Å². The van der Waals surface area contributed by atoms with E-state index in [1.165, 1.54) is 5.56 Å². The Morgan fingerprint density at radius 3 is 2.33 bits per heavy atom. The lowest BCUT2D eigenvalue weighted by molar-refractivity contribution is 0.0736. The number of carbonyl (C=O) groups is 1. The van der Waals surface area contributed by atoms with E-state index in [0.29, 0.717) is 22.7 Å². The number of benzene rings is 1. The zero-order valence-electron chi connectivity index (χ0n) is 19.9. The fourth-order valence-corrected chi connectivity index (χ4v) is 3.43. The molecule has 0 aliphatic heterocycles. The fraction of sp³-hybridized carbons (Fsp3) is 0.333. The van der Waals surface area contributed by atoms with Crippen LogP contribution in [-0.2, 0) is 0 Å². The molecule has 1 aromatic carbocycles. The van der Waals surface area contributed by atoms with Crippen molar-refractivity contribution in [2.24, 2.45) is 5.92 Å². The Hall–Kier alpha value is -3.72. The molecule has 3 rings (SSSR count). The molecule has 2 aromatic heterocycles. The van der Waals surface area contributed by atoms with E-state index in [4.69, 9.17) is 11.0 Å². The second kappa shape index (κ2) is 13.0. The molecular weight excluding hydrogens is 410 g/mol. The maximum absolute atomic E-state index is 12.3. The monoisotopic (exact) mass is 443 g/mol. The molecule has 0 fully saturated rings. The van der Waals surface area contributed by atoms with Crippen LogP contribution in [0.3, 0.4) is 0 Å². The Bertz CT molecular complexity index is 1060. The number of nitrogens with zero attached hydrogens (tertiary/aromatic N) is 4. The summed E-state index contributed by atoms with van der Waals surface area (Å²) < 4.78 is 0. The topological polar surface area (TPSA) is 95.9 Å². The third-order valence-corrected chi connectivity index (χ3v) is 5.06. The maximum Gasteiger partial charge on any atom is 0.255 e. The van der Waals surface area contributed by atoms with Crippen LogP contribution in [0.4, 0.5) is 5.69 Å². The van der Waals surface area contributed by atoms with E-state index in [1.807, 2.05) is 35.4 Å². The first kappa shape index (κ1) is 25.5. The minimum Gasteiger partial charge on any atom is -0.397 e. The van der Waals surface area contributed by atoms with Gasteiger partial charge in [-0.3, -0.25) is 14.8 Å². The van der Waals surface area contributed by atoms with Gasteiger partial charge in [-0.25, -0.2) is 0 Å². The number of nitriles is 1. The zero-order valence-corrected chi connectivity index (χ0v) is 19.9. The van der Waals surface area contributed by atoms with Crippen molar-refractivity contribution >= 4 is 11.6 Å². The molecular formula is C27H33N5O. The molecule has 0 spiro atoms. The van der Waals surface area contributed by atoms with Crippen molar-refractivity contribution in [3.63, 3.8) is 0 Å². The van der Waals surface area contributed by atoms with Crippen LogP contribution in [0.15, 0.2) is 67.3 Å². The van der Waals surface area contributed by atoms with E-state index >= 15 is 0 Å². The number of carbonyl (C=O) groups excluding carboxylic acids is 1. The Morgan fingerprint density at radius 1 is 1.03 bits per heavy atom. The number of rotatable bonds is 7. The van der Waals surface area contributed by atoms with Gasteiger partial charge in [-0.15, -0.1) is 0 Å². The minimum atomic E-state index is 0.0142. The van der Waals surface area contributed by atoms with Gasteiger partial charge in [-0.2, -0.15) is 5.26 Å². The molecule has 2 N–H and O–H groups in total. The summed E-state index contributed by atoms with van der Waals surface area (Å²) in [6, 6.07) is 15.9. The summed E-state index contributed by atoms with van der Waals surface area (Å²) in [6.07, 6.45) is 7.47. The molecule has 0 aliphatic rings. The Labute approximate surface area is 197 Å². The summed E-state index contributed by atoms with van der Waals surface area (Å²) >= 11 is 0. The van der Waals surface area contributed by atoms with Gasteiger partial charge in [0.15, 0.2) is 0 Å². The van der Waals surface area contributed by atoms with Crippen molar-refractivity contribution in [3.05, 3.63) is 89.5 Å². The number of nitrogen functional groups attached to an aromatic ring is 1. The first-order valence-electron chi connectivity index (χ1n) is 11.3. The van der Waals surface area contributed by atoms with Gasteiger partial charge in [0.25, 0.3) is 5.91 Å². The van der Waals surface area contributed by atoms with Gasteiger partial charge >= 0.3 is 0 Å². The lowest BCUT2D eigenvalue weighted by Gasteiger charge is -2.24. The van der Waals surface area contributed by atoms with Gasteiger partial charge in [0, 0.05) is 43.8 Å². The summed E-state index contributed by atoms with van der Waals surface area (Å²) in [5, 5.41) is 8.82. The van der Waals surface area contributed by atoms with Crippen molar-refractivity contribution in [2.75, 3.05) is 18.8 Å². The highest BCUT2D eigenvalue weighted by atomic mass is 16.2. The number of nitrogens with two attached hydrogens (primary N) is 1. The highest BCUT2D eigenvalue weighted by Crippen LogP contribution is 2.23. The number of amides is 1. The van der Waals surface area contributed by atoms with E-state index < -0.39 is 0 Å². The summed E-state index contributed by atoms with van der Waals surface area (Å²) in [6.45, 7) is 9.93. The molecule has 1 amide bonds. The van der Waals surface area contributed by atoms with Crippen LogP contribution < -0.4 is 5.73 Å². The second-order valence-corrected chi connectivity index (χ2v) is 8.40. The number of anilines is 1. The van der Waals surface area contributed by atoms with Crippen LogP contribution in [0, 0.1) is 17.2 Å². The van der Waals surface area contributed by atoms with Crippen LogP contribution in [0.25, 0.3) is 0 Å².